The average molecular weight is 309 g/mol. The summed E-state index contributed by atoms with van der Waals surface area (Å²) in [7, 11) is 0. The standard InChI is InChI=1S/C14H17BrN2O/c15-11-4-2-1-3-10(11)14-17-12-6-5-9(8-16)7-13(12)18-14/h1-4,9,12-13H,5-8,16H2. The largest absolute Gasteiger partial charge is 0.472 e. The molecule has 0 spiro atoms. The summed E-state index contributed by atoms with van der Waals surface area (Å²) in [5.41, 5.74) is 6.81. The Kier molecular flexibility index (Phi) is 3.39. The van der Waals surface area contributed by atoms with Crippen LogP contribution in [0.15, 0.2) is 33.7 Å². The lowest BCUT2D eigenvalue weighted by atomic mass is 9.84. The number of rotatable bonds is 2. The molecule has 2 N–H and O–H groups in total. The highest BCUT2D eigenvalue weighted by Crippen LogP contribution is 2.34. The van der Waals surface area contributed by atoms with Gasteiger partial charge in [-0.15, -0.1) is 0 Å². The van der Waals surface area contributed by atoms with Crippen molar-refractivity contribution in [2.24, 2.45) is 16.6 Å². The second-order valence-electron chi connectivity index (χ2n) is 5.05. The van der Waals surface area contributed by atoms with E-state index in [0.717, 1.165) is 35.3 Å². The number of nitrogens with two attached hydrogens (primary N) is 1. The van der Waals surface area contributed by atoms with E-state index in [0.29, 0.717) is 12.0 Å². The molecule has 0 bridgehead atoms. The van der Waals surface area contributed by atoms with Crippen LogP contribution in [0.5, 0.6) is 0 Å². The maximum Gasteiger partial charge on any atom is 0.217 e. The molecule has 1 aromatic rings. The summed E-state index contributed by atoms with van der Waals surface area (Å²) < 4.78 is 7.07. The summed E-state index contributed by atoms with van der Waals surface area (Å²) in [4.78, 5) is 4.73. The number of benzene rings is 1. The molecule has 0 aromatic heterocycles. The lowest BCUT2D eigenvalue weighted by Gasteiger charge is -2.28. The zero-order valence-electron chi connectivity index (χ0n) is 10.2. The zero-order valence-corrected chi connectivity index (χ0v) is 11.8. The molecule has 3 rings (SSSR count). The van der Waals surface area contributed by atoms with Crippen LogP contribution < -0.4 is 5.73 Å². The SMILES string of the molecule is NCC1CCC2N=C(c3ccccc3Br)OC2C1. The number of nitrogens with zero attached hydrogens (tertiary/aromatic N) is 1. The summed E-state index contributed by atoms with van der Waals surface area (Å²) in [5, 5.41) is 0. The average Bonchev–Trinajstić information content (AvgIpc) is 2.81. The Morgan fingerprint density at radius 2 is 2.17 bits per heavy atom. The minimum atomic E-state index is 0.231. The molecule has 18 heavy (non-hydrogen) atoms. The van der Waals surface area contributed by atoms with Crippen LogP contribution in [0.25, 0.3) is 0 Å². The smallest absolute Gasteiger partial charge is 0.217 e. The molecule has 1 fully saturated rings. The third kappa shape index (κ3) is 2.19. The molecule has 0 saturated heterocycles. The van der Waals surface area contributed by atoms with E-state index in [1.807, 2.05) is 24.3 Å². The first-order valence-electron chi connectivity index (χ1n) is 6.47. The van der Waals surface area contributed by atoms with E-state index < -0.39 is 0 Å². The molecular formula is C14H17BrN2O. The number of ether oxygens (including phenoxy) is 1. The molecule has 96 valence electrons. The van der Waals surface area contributed by atoms with E-state index in [-0.39, 0.29) is 6.10 Å². The van der Waals surface area contributed by atoms with Crippen molar-refractivity contribution in [3.63, 3.8) is 0 Å². The van der Waals surface area contributed by atoms with E-state index in [9.17, 15) is 0 Å². The molecule has 1 aromatic carbocycles. The number of halogens is 1. The van der Waals surface area contributed by atoms with Gasteiger partial charge in [-0.1, -0.05) is 12.1 Å². The molecule has 1 aliphatic heterocycles. The van der Waals surface area contributed by atoms with Crippen LogP contribution in [-0.2, 0) is 4.74 Å². The van der Waals surface area contributed by atoms with Gasteiger partial charge in [-0.25, -0.2) is 4.99 Å². The van der Waals surface area contributed by atoms with Crippen LogP contribution in [0.1, 0.15) is 24.8 Å². The summed E-state index contributed by atoms with van der Waals surface area (Å²) in [6, 6.07) is 8.40. The van der Waals surface area contributed by atoms with Gasteiger partial charge in [-0.05, 0) is 59.8 Å². The van der Waals surface area contributed by atoms with Crippen molar-refractivity contribution < 1.29 is 4.74 Å². The van der Waals surface area contributed by atoms with Crippen LogP contribution in [0.3, 0.4) is 0 Å². The molecule has 4 heteroatoms. The fourth-order valence-corrected chi connectivity index (χ4v) is 3.23. The number of hydrogen-bond acceptors (Lipinski definition) is 3. The summed E-state index contributed by atoms with van der Waals surface area (Å²) in [6.07, 6.45) is 3.54. The summed E-state index contributed by atoms with van der Waals surface area (Å²) >= 11 is 3.55. The Bertz CT molecular complexity index is 475. The van der Waals surface area contributed by atoms with E-state index in [1.54, 1.807) is 0 Å². The minimum Gasteiger partial charge on any atom is -0.472 e. The summed E-state index contributed by atoms with van der Waals surface area (Å²) in [6.45, 7) is 0.761. The first kappa shape index (κ1) is 12.2. The molecule has 0 amide bonds. The highest BCUT2D eigenvalue weighted by Gasteiger charge is 2.37. The van der Waals surface area contributed by atoms with E-state index in [2.05, 4.69) is 15.9 Å². The van der Waals surface area contributed by atoms with Crippen LogP contribution in [0.4, 0.5) is 0 Å². The molecule has 0 radical (unpaired) electrons. The molecule has 2 aliphatic rings. The third-order valence-electron chi connectivity index (χ3n) is 3.85. The van der Waals surface area contributed by atoms with Gasteiger partial charge in [0.25, 0.3) is 0 Å². The lowest BCUT2D eigenvalue weighted by Crippen LogP contribution is -2.34. The van der Waals surface area contributed by atoms with Crippen molar-refractivity contribution in [3.8, 4) is 0 Å². The van der Waals surface area contributed by atoms with Gasteiger partial charge < -0.3 is 10.5 Å². The van der Waals surface area contributed by atoms with Gasteiger partial charge in [0, 0.05) is 4.47 Å². The second kappa shape index (κ2) is 5.02. The third-order valence-corrected chi connectivity index (χ3v) is 4.54. The van der Waals surface area contributed by atoms with E-state index in [4.69, 9.17) is 15.5 Å². The second-order valence-corrected chi connectivity index (χ2v) is 5.91. The normalized spacial score (nSPS) is 30.6. The molecule has 3 unspecified atom stereocenters. The first-order valence-corrected chi connectivity index (χ1v) is 7.26. The minimum absolute atomic E-state index is 0.231. The molecular weight excluding hydrogens is 292 g/mol. The number of hydrogen-bond donors (Lipinski definition) is 1. The molecule has 1 aliphatic carbocycles. The Morgan fingerprint density at radius 1 is 1.33 bits per heavy atom. The van der Waals surface area contributed by atoms with Crippen molar-refractivity contribution in [2.75, 3.05) is 6.54 Å². The monoisotopic (exact) mass is 308 g/mol. The zero-order chi connectivity index (χ0) is 12.5. The molecule has 3 atom stereocenters. The van der Waals surface area contributed by atoms with Crippen LogP contribution in [-0.4, -0.2) is 24.6 Å². The predicted octanol–water partition coefficient (Wildman–Crippen LogP) is 2.72. The highest BCUT2D eigenvalue weighted by molar-refractivity contribution is 9.10. The van der Waals surface area contributed by atoms with Crippen molar-refractivity contribution in [1.29, 1.82) is 0 Å². The Morgan fingerprint density at radius 3 is 2.94 bits per heavy atom. The Balaban J connectivity index is 1.80. The van der Waals surface area contributed by atoms with Gasteiger partial charge in [0.2, 0.25) is 5.90 Å². The van der Waals surface area contributed by atoms with Gasteiger partial charge in [0.15, 0.2) is 0 Å². The fraction of sp³-hybridized carbons (Fsp3) is 0.500. The van der Waals surface area contributed by atoms with E-state index >= 15 is 0 Å². The van der Waals surface area contributed by atoms with Gasteiger partial charge in [0.1, 0.15) is 6.10 Å². The van der Waals surface area contributed by atoms with Gasteiger partial charge >= 0.3 is 0 Å². The number of fused-ring (bicyclic) bond motifs is 1. The van der Waals surface area contributed by atoms with Crippen molar-refractivity contribution in [1.82, 2.24) is 0 Å². The fourth-order valence-electron chi connectivity index (χ4n) is 2.78. The first-order chi connectivity index (χ1) is 8.78. The van der Waals surface area contributed by atoms with Crippen LogP contribution in [0.2, 0.25) is 0 Å². The van der Waals surface area contributed by atoms with Gasteiger partial charge in [0.05, 0.1) is 11.6 Å². The van der Waals surface area contributed by atoms with Gasteiger partial charge in [-0.3, -0.25) is 0 Å². The molecule has 1 saturated carbocycles. The maximum absolute atomic E-state index is 6.03. The van der Waals surface area contributed by atoms with Gasteiger partial charge in [-0.2, -0.15) is 0 Å². The molecule has 1 heterocycles. The van der Waals surface area contributed by atoms with Crippen molar-refractivity contribution in [2.45, 2.75) is 31.4 Å². The van der Waals surface area contributed by atoms with Crippen molar-refractivity contribution in [3.05, 3.63) is 34.3 Å². The molecule has 3 nitrogen and oxygen atoms in total. The van der Waals surface area contributed by atoms with Crippen molar-refractivity contribution >= 4 is 21.8 Å². The Labute approximate surface area is 116 Å². The lowest BCUT2D eigenvalue weighted by molar-refractivity contribution is 0.123. The quantitative estimate of drug-likeness (QED) is 0.913. The Hall–Kier alpha value is -0.870. The van der Waals surface area contributed by atoms with Crippen LogP contribution in [0, 0.1) is 5.92 Å². The van der Waals surface area contributed by atoms with E-state index in [1.165, 1.54) is 6.42 Å². The highest BCUT2D eigenvalue weighted by atomic mass is 79.9. The maximum atomic E-state index is 6.03. The number of aliphatic imine (C=N–C) groups is 1. The summed E-state index contributed by atoms with van der Waals surface area (Å²) in [5.74, 6) is 1.38. The topological polar surface area (TPSA) is 47.6 Å². The predicted molar refractivity (Wildman–Crippen MR) is 75.7 cm³/mol. The van der Waals surface area contributed by atoms with Crippen LogP contribution >= 0.6 is 15.9 Å².